The Labute approximate surface area is 158 Å². The first kappa shape index (κ1) is 19.4. The van der Waals surface area contributed by atoms with E-state index in [1.807, 2.05) is 11.8 Å². The lowest BCUT2D eigenvalue weighted by molar-refractivity contribution is -0.117. The van der Waals surface area contributed by atoms with Gasteiger partial charge in [-0.25, -0.2) is 12.8 Å². The highest BCUT2D eigenvalue weighted by Crippen LogP contribution is 2.38. The maximum Gasteiger partial charge on any atom is 0.248 e. The van der Waals surface area contributed by atoms with Crippen molar-refractivity contribution >= 4 is 32.7 Å². The molecule has 0 unspecified atom stereocenters. The molecule has 0 radical (unpaired) electrons. The van der Waals surface area contributed by atoms with Crippen LogP contribution in [0.15, 0.2) is 29.3 Å². The average molecular weight is 399 g/mol. The normalized spacial score (nSPS) is 25.6. The van der Waals surface area contributed by atoms with Crippen molar-refractivity contribution in [1.29, 1.82) is 0 Å². The molecule has 2 aliphatic rings. The fourth-order valence-electron chi connectivity index (χ4n) is 3.29. The summed E-state index contributed by atoms with van der Waals surface area (Å²) in [6, 6.07) is 6.15. The first-order chi connectivity index (χ1) is 12.4. The lowest BCUT2D eigenvalue weighted by atomic mass is 10.1. The van der Waals surface area contributed by atoms with Crippen molar-refractivity contribution in [3.05, 3.63) is 35.6 Å². The van der Waals surface area contributed by atoms with Crippen molar-refractivity contribution < 1.29 is 17.6 Å². The molecule has 0 N–H and O–H groups in total. The molecule has 3 rings (SSSR count). The first-order valence-electron chi connectivity index (χ1n) is 8.87. The smallest absolute Gasteiger partial charge is 0.248 e. The second-order valence-electron chi connectivity index (χ2n) is 6.76. The zero-order valence-corrected chi connectivity index (χ0v) is 16.4. The third kappa shape index (κ3) is 4.65. The van der Waals surface area contributed by atoms with Crippen molar-refractivity contribution in [2.45, 2.75) is 43.9 Å². The number of benzene rings is 1. The molecule has 26 heavy (non-hydrogen) atoms. The summed E-state index contributed by atoms with van der Waals surface area (Å²) in [5, 5.41) is 0.573. The molecule has 142 valence electrons. The number of halogens is 1. The van der Waals surface area contributed by atoms with Crippen LogP contribution in [0.3, 0.4) is 0 Å². The highest BCUT2D eigenvalue weighted by atomic mass is 32.2. The fraction of sp³-hybridized carbons (Fsp3) is 0.556. The van der Waals surface area contributed by atoms with E-state index in [2.05, 4.69) is 4.99 Å². The number of amidine groups is 1. The Morgan fingerprint density at radius 3 is 2.73 bits per heavy atom. The van der Waals surface area contributed by atoms with Crippen LogP contribution in [0.2, 0.25) is 0 Å². The van der Waals surface area contributed by atoms with Crippen molar-refractivity contribution in [3.63, 3.8) is 0 Å². The number of thioether (sulfide) groups is 1. The summed E-state index contributed by atoms with van der Waals surface area (Å²) in [7, 11) is -3.05. The summed E-state index contributed by atoms with van der Waals surface area (Å²) < 4.78 is 37.0. The summed E-state index contributed by atoms with van der Waals surface area (Å²) in [5.74, 6) is -0.187. The monoisotopic (exact) mass is 398 g/mol. The van der Waals surface area contributed by atoms with Crippen LogP contribution >= 0.6 is 11.8 Å². The topological polar surface area (TPSA) is 66.8 Å². The van der Waals surface area contributed by atoms with Gasteiger partial charge < -0.3 is 4.90 Å². The molecular weight excluding hydrogens is 375 g/mol. The molecule has 2 saturated heterocycles. The fourth-order valence-corrected chi connectivity index (χ4v) is 7.28. The minimum atomic E-state index is -3.05. The van der Waals surface area contributed by atoms with E-state index >= 15 is 0 Å². The van der Waals surface area contributed by atoms with Gasteiger partial charge in [0.25, 0.3) is 0 Å². The van der Waals surface area contributed by atoms with E-state index < -0.39 is 9.84 Å². The Morgan fingerprint density at radius 2 is 2.04 bits per heavy atom. The van der Waals surface area contributed by atoms with Crippen LogP contribution in [0.4, 0.5) is 4.39 Å². The molecule has 1 amide bonds. The van der Waals surface area contributed by atoms with Gasteiger partial charge in [0.2, 0.25) is 5.91 Å². The van der Waals surface area contributed by atoms with Crippen LogP contribution in [-0.2, 0) is 21.1 Å². The number of sulfone groups is 1. The number of hydrogen-bond donors (Lipinski definition) is 0. The van der Waals surface area contributed by atoms with Crippen molar-refractivity contribution in [2.24, 2.45) is 4.99 Å². The highest BCUT2D eigenvalue weighted by Gasteiger charge is 2.48. The Morgan fingerprint density at radius 1 is 1.31 bits per heavy atom. The molecule has 0 aromatic heterocycles. The first-order valence-corrected chi connectivity index (χ1v) is 11.6. The zero-order chi connectivity index (χ0) is 18.7. The Kier molecular flexibility index (Phi) is 6.02. The number of unbranched alkanes of at least 4 members (excludes halogenated alkanes) is 1. The summed E-state index contributed by atoms with van der Waals surface area (Å²) in [5.41, 5.74) is 0.970. The Hall–Kier alpha value is -1.41. The third-order valence-electron chi connectivity index (χ3n) is 4.69. The number of aliphatic imine (C=N–C) groups is 1. The van der Waals surface area contributed by atoms with Gasteiger partial charge in [-0.1, -0.05) is 37.2 Å². The summed E-state index contributed by atoms with van der Waals surface area (Å²) in [4.78, 5) is 18.3. The molecule has 2 atom stereocenters. The number of nitrogens with zero attached hydrogens (tertiary/aromatic N) is 2. The summed E-state index contributed by atoms with van der Waals surface area (Å²) in [6.45, 7) is 2.59. The number of amides is 1. The number of carbonyl (C=O) groups is 1. The Balaban J connectivity index is 1.74. The van der Waals surface area contributed by atoms with Crippen LogP contribution in [-0.4, -0.2) is 53.7 Å². The Bertz CT molecular complexity index is 793. The molecule has 0 aliphatic carbocycles. The lowest BCUT2D eigenvalue weighted by Gasteiger charge is -2.24. The van der Waals surface area contributed by atoms with Crippen molar-refractivity contribution in [2.75, 3.05) is 18.1 Å². The molecule has 2 aliphatic heterocycles. The standard InChI is InChI=1S/C18H23FN2O3S2/c1-2-3-4-17(22)20-18-21(10-9-13-5-7-14(19)8-6-13)15-11-26(23,24)12-16(15)25-18/h5-8,15-16H,2-4,9-12H2,1H3/t15-,16+/m1/s1. The maximum atomic E-state index is 13.1. The molecule has 1 aromatic rings. The number of fused-ring (bicyclic) bond motifs is 1. The van der Waals surface area contributed by atoms with Gasteiger partial charge >= 0.3 is 0 Å². The molecule has 2 fully saturated rings. The zero-order valence-electron chi connectivity index (χ0n) is 14.7. The van der Waals surface area contributed by atoms with Gasteiger partial charge in [0, 0.05) is 18.2 Å². The summed E-state index contributed by atoms with van der Waals surface area (Å²) in [6.07, 6.45) is 2.80. The highest BCUT2D eigenvalue weighted by molar-refractivity contribution is 8.15. The minimum Gasteiger partial charge on any atom is -0.346 e. The number of rotatable bonds is 6. The number of hydrogen-bond acceptors (Lipinski definition) is 4. The van der Waals surface area contributed by atoms with E-state index in [0.717, 1.165) is 18.4 Å². The van der Waals surface area contributed by atoms with E-state index in [-0.39, 0.29) is 34.5 Å². The van der Waals surface area contributed by atoms with Crippen molar-refractivity contribution in [1.82, 2.24) is 4.90 Å². The van der Waals surface area contributed by atoms with Crippen molar-refractivity contribution in [3.8, 4) is 0 Å². The van der Waals surface area contributed by atoms with Crippen LogP contribution in [0.5, 0.6) is 0 Å². The van der Waals surface area contributed by atoms with E-state index in [1.165, 1.54) is 23.9 Å². The van der Waals surface area contributed by atoms with Crippen LogP contribution in [0.1, 0.15) is 31.7 Å². The second-order valence-corrected chi connectivity index (χ2v) is 10.1. The van der Waals surface area contributed by atoms with Gasteiger partial charge in [-0.15, -0.1) is 0 Å². The van der Waals surface area contributed by atoms with E-state index in [1.54, 1.807) is 12.1 Å². The van der Waals surface area contributed by atoms with Crippen LogP contribution in [0.25, 0.3) is 0 Å². The third-order valence-corrected chi connectivity index (χ3v) is 7.94. The minimum absolute atomic E-state index is 0.0639. The van der Waals surface area contributed by atoms with Crippen LogP contribution in [0, 0.1) is 5.82 Å². The molecule has 1 aromatic carbocycles. The van der Waals surface area contributed by atoms with Gasteiger partial charge in [0.1, 0.15) is 5.82 Å². The molecule has 0 bridgehead atoms. The molecule has 0 spiro atoms. The quantitative estimate of drug-likeness (QED) is 0.737. The summed E-state index contributed by atoms with van der Waals surface area (Å²) >= 11 is 1.41. The number of carbonyl (C=O) groups excluding carboxylic acids is 1. The molecule has 2 heterocycles. The molecular formula is C18H23FN2O3S2. The average Bonchev–Trinajstić information content (AvgIpc) is 3.04. The predicted octanol–water partition coefficient (Wildman–Crippen LogP) is 2.66. The maximum absolute atomic E-state index is 13.1. The molecule has 8 heteroatoms. The van der Waals surface area contributed by atoms with Gasteiger partial charge in [0.05, 0.1) is 17.5 Å². The van der Waals surface area contributed by atoms with Gasteiger partial charge in [-0.3, -0.25) is 4.79 Å². The molecule has 5 nitrogen and oxygen atoms in total. The van der Waals surface area contributed by atoms with E-state index in [0.29, 0.717) is 24.6 Å². The SMILES string of the molecule is CCCCC(=O)N=C1S[C@H]2CS(=O)(=O)C[C@H]2N1CCc1ccc(F)cc1. The largest absolute Gasteiger partial charge is 0.346 e. The second kappa shape index (κ2) is 8.08. The van der Waals surface area contributed by atoms with Gasteiger partial charge in [-0.2, -0.15) is 4.99 Å². The van der Waals surface area contributed by atoms with E-state index in [4.69, 9.17) is 0 Å². The van der Waals surface area contributed by atoms with Gasteiger partial charge in [0.15, 0.2) is 15.0 Å². The van der Waals surface area contributed by atoms with Crippen LogP contribution < -0.4 is 0 Å². The molecule has 0 saturated carbocycles. The predicted molar refractivity (Wildman–Crippen MR) is 103 cm³/mol. The lowest BCUT2D eigenvalue weighted by Crippen LogP contribution is -2.39. The van der Waals surface area contributed by atoms with E-state index in [9.17, 15) is 17.6 Å². The van der Waals surface area contributed by atoms with Gasteiger partial charge in [-0.05, 0) is 30.5 Å².